The molecule has 2 aliphatic rings. The summed E-state index contributed by atoms with van der Waals surface area (Å²) in [7, 11) is 0. The number of amides is 2. The fourth-order valence-corrected chi connectivity index (χ4v) is 3.10. The standard InChI is InChI=1S/C15H24N2O3/c1-2-10-3-6-12(7-4-10)16-15(20)17-13-8-5-11(9-13)14(18)19/h5,8,10-13H,2-4,6-7,9H2,1H3,(H,18,19)(H2,16,17,20). The van der Waals surface area contributed by atoms with Gasteiger partial charge in [0.05, 0.1) is 12.0 Å². The van der Waals surface area contributed by atoms with E-state index in [9.17, 15) is 9.59 Å². The number of rotatable bonds is 4. The van der Waals surface area contributed by atoms with E-state index in [1.54, 1.807) is 12.2 Å². The second-order valence-corrected chi connectivity index (χ2v) is 5.92. The molecule has 2 atom stereocenters. The Hall–Kier alpha value is -1.52. The fourth-order valence-electron chi connectivity index (χ4n) is 3.10. The normalized spacial score (nSPS) is 32.9. The van der Waals surface area contributed by atoms with Crippen LogP contribution in [0.15, 0.2) is 12.2 Å². The van der Waals surface area contributed by atoms with Crippen molar-refractivity contribution in [2.75, 3.05) is 0 Å². The van der Waals surface area contributed by atoms with Crippen LogP contribution < -0.4 is 10.6 Å². The van der Waals surface area contributed by atoms with Crippen LogP contribution >= 0.6 is 0 Å². The zero-order valence-electron chi connectivity index (χ0n) is 12.0. The van der Waals surface area contributed by atoms with Gasteiger partial charge in [-0.2, -0.15) is 0 Å². The first kappa shape index (κ1) is 14.9. The van der Waals surface area contributed by atoms with Gasteiger partial charge in [-0.3, -0.25) is 4.79 Å². The Morgan fingerprint density at radius 3 is 2.40 bits per heavy atom. The van der Waals surface area contributed by atoms with E-state index in [1.807, 2.05) is 0 Å². The van der Waals surface area contributed by atoms with E-state index in [-0.39, 0.29) is 18.1 Å². The van der Waals surface area contributed by atoms with Crippen LogP contribution in [0.1, 0.15) is 45.4 Å². The van der Waals surface area contributed by atoms with E-state index in [1.165, 1.54) is 19.3 Å². The first-order chi connectivity index (χ1) is 9.58. The van der Waals surface area contributed by atoms with E-state index in [2.05, 4.69) is 17.6 Å². The van der Waals surface area contributed by atoms with Gasteiger partial charge in [0.1, 0.15) is 0 Å². The van der Waals surface area contributed by atoms with Crippen molar-refractivity contribution in [3.05, 3.63) is 12.2 Å². The molecule has 2 unspecified atom stereocenters. The predicted octanol–water partition coefficient (Wildman–Crippen LogP) is 2.28. The van der Waals surface area contributed by atoms with Crippen LogP contribution in [0.2, 0.25) is 0 Å². The third-order valence-electron chi connectivity index (χ3n) is 4.48. The second kappa shape index (κ2) is 6.77. The molecule has 2 amide bonds. The van der Waals surface area contributed by atoms with Gasteiger partial charge < -0.3 is 15.7 Å². The Morgan fingerprint density at radius 1 is 1.15 bits per heavy atom. The lowest BCUT2D eigenvalue weighted by Gasteiger charge is -2.28. The molecule has 2 rings (SSSR count). The van der Waals surface area contributed by atoms with Crippen molar-refractivity contribution in [2.24, 2.45) is 11.8 Å². The fraction of sp³-hybridized carbons (Fsp3) is 0.733. The molecule has 0 radical (unpaired) electrons. The first-order valence-electron chi connectivity index (χ1n) is 7.56. The number of carboxylic acid groups (broad SMARTS) is 1. The molecule has 0 aromatic heterocycles. The van der Waals surface area contributed by atoms with Crippen LogP contribution in [0.25, 0.3) is 0 Å². The van der Waals surface area contributed by atoms with Crippen LogP contribution in [0.3, 0.4) is 0 Å². The molecule has 3 N–H and O–H groups in total. The second-order valence-electron chi connectivity index (χ2n) is 5.92. The van der Waals surface area contributed by atoms with E-state index in [4.69, 9.17) is 5.11 Å². The molecule has 0 aromatic rings. The minimum Gasteiger partial charge on any atom is -0.481 e. The summed E-state index contributed by atoms with van der Waals surface area (Å²) < 4.78 is 0. The van der Waals surface area contributed by atoms with Gasteiger partial charge >= 0.3 is 12.0 Å². The summed E-state index contributed by atoms with van der Waals surface area (Å²) >= 11 is 0. The molecule has 5 heteroatoms. The first-order valence-corrected chi connectivity index (χ1v) is 7.56. The van der Waals surface area contributed by atoms with Crippen molar-refractivity contribution >= 4 is 12.0 Å². The molecule has 1 saturated carbocycles. The third-order valence-corrected chi connectivity index (χ3v) is 4.48. The highest BCUT2D eigenvalue weighted by Crippen LogP contribution is 2.26. The molecule has 1 fully saturated rings. The maximum absolute atomic E-state index is 11.9. The monoisotopic (exact) mass is 280 g/mol. The minimum atomic E-state index is -0.830. The Balaban J connectivity index is 1.69. The van der Waals surface area contributed by atoms with Crippen LogP contribution in [0.4, 0.5) is 4.79 Å². The van der Waals surface area contributed by atoms with Crippen LogP contribution in [0, 0.1) is 11.8 Å². The van der Waals surface area contributed by atoms with Gasteiger partial charge in [-0.25, -0.2) is 4.79 Å². The van der Waals surface area contributed by atoms with Gasteiger partial charge in [-0.15, -0.1) is 0 Å². The molecular formula is C15H24N2O3. The number of carboxylic acids is 1. The summed E-state index contributed by atoms with van der Waals surface area (Å²) in [5.74, 6) is -0.491. The Bertz CT molecular complexity index is 387. The number of hydrogen-bond acceptors (Lipinski definition) is 2. The molecule has 0 aromatic carbocycles. The molecular weight excluding hydrogens is 256 g/mol. The molecule has 20 heavy (non-hydrogen) atoms. The minimum absolute atomic E-state index is 0.164. The summed E-state index contributed by atoms with van der Waals surface area (Å²) in [6, 6.07) is -0.0767. The van der Waals surface area contributed by atoms with Crippen molar-refractivity contribution in [3.8, 4) is 0 Å². The number of carbonyl (C=O) groups excluding carboxylic acids is 1. The average molecular weight is 280 g/mol. The number of aliphatic carboxylic acids is 1. The predicted molar refractivity (Wildman–Crippen MR) is 76.4 cm³/mol. The molecule has 5 nitrogen and oxygen atoms in total. The van der Waals surface area contributed by atoms with Gasteiger partial charge in [-0.05, 0) is 38.0 Å². The Morgan fingerprint density at radius 2 is 1.85 bits per heavy atom. The van der Waals surface area contributed by atoms with Crippen molar-refractivity contribution in [1.82, 2.24) is 10.6 Å². The highest BCUT2D eigenvalue weighted by molar-refractivity contribution is 5.76. The molecule has 0 saturated heterocycles. The summed E-state index contributed by atoms with van der Waals surface area (Å²) in [5.41, 5.74) is 0. The highest BCUT2D eigenvalue weighted by Gasteiger charge is 2.26. The topological polar surface area (TPSA) is 78.4 Å². The van der Waals surface area contributed by atoms with E-state index >= 15 is 0 Å². The molecule has 0 heterocycles. The molecule has 112 valence electrons. The van der Waals surface area contributed by atoms with Gasteiger partial charge in [0, 0.05) is 6.04 Å². The van der Waals surface area contributed by atoms with Crippen LogP contribution in [-0.4, -0.2) is 29.2 Å². The van der Waals surface area contributed by atoms with Crippen molar-refractivity contribution < 1.29 is 14.7 Å². The zero-order chi connectivity index (χ0) is 14.5. The quantitative estimate of drug-likeness (QED) is 0.691. The van der Waals surface area contributed by atoms with Gasteiger partial charge in [0.25, 0.3) is 0 Å². The average Bonchev–Trinajstić information content (AvgIpc) is 2.88. The molecule has 0 aliphatic heterocycles. The largest absolute Gasteiger partial charge is 0.481 e. The van der Waals surface area contributed by atoms with Gasteiger partial charge in [0.2, 0.25) is 0 Å². The lowest BCUT2D eigenvalue weighted by Crippen LogP contribution is -2.46. The summed E-state index contributed by atoms with van der Waals surface area (Å²) in [6.45, 7) is 2.22. The third kappa shape index (κ3) is 3.99. The Labute approximate surface area is 119 Å². The van der Waals surface area contributed by atoms with Crippen LogP contribution in [-0.2, 0) is 4.79 Å². The van der Waals surface area contributed by atoms with Crippen molar-refractivity contribution in [2.45, 2.75) is 57.5 Å². The summed E-state index contributed by atoms with van der Waals surface area (Å²) in [4.78, 5) is 22.7. The van der Waals surface area contributed by atoms with E-state index in [0.29, 0.717) is 6.42 Å². The molecule has 0 spiro atoms. The highest BCUT2D eigenvalue weighted by atomic mass is 16.4. The van der Waals surface area contributed by atoms with Gasteiger partial charge in [-0.1, -0.05) is 25.5 Å². The van der Waals surface area contributed by atoms with E-state index in [0.717, 1.165) is 18.8 Å². The van der Waals surface area contributed by atoms with Gasteiger partial charge in [0.15, 0.2) is 0 Å². The van der Waals surface area contributed by atoms with Crippen LogP contribution in [0.5, 0.6) is 0 Å². The summed E-state index contributed by atoms with van der Waals surface area (Å²) in [6.07, 6.45) is 9.56. The molecule has 0 bridgehead atoms. The van der Waals surface area contributed by atoms with E-state index < -0.39 is 11.9 Å². The zero-order valence-corrected chi connectivity index (χ0v) is 12.0. The smallest absolute Gasteiger partial charge is 0.315 e. The maximum atomic E-state index is 11.9. The Kier molecular flexibility index (Phi) is 5.04. The SMILES string of the molecule is CCC1CCC(NC(=O)NC2C=CC(C(=O)O)C2)CC1. The number of nitrogens with one attached hydrogen (secondary N) is 2. The molecule has 2 aliphatic carbocycles. The number of hydrogen-bond donors (Lipinski definition) is 3. The maximum Gasteiger partial charge on any atom is 0.315 e. The summed E-state index contributed by atoms with van der Waals surface area (Å²) in [5, 5.41) is 14.7. The van der Waals surface area contributed by atoms with Crippen molar-refractivity contribution in [3.63, 3.8) is 0 Å². The lowest BCUT2D eigenvalue weighted by molar-refractivity contribution is -0.140. The number of carbonyl (C=O) groups is 2. The lowest BCUT2D eigenvalue weighted by atomic mass is 9.85. The van der Waals surface area contributed by atoms with Crippen molar-refractivity contribution in [1.29, 1.82) is 0 Å². The number of urea groups is 1.